The molecule has 0 unspecified atom stereocenters. The van der Waals surface area contributed by atoms with Crippen molar-refractivity contribution in [2.75, 3.05) is 0 Å². The third-order valence-corrected chi connectivity index (χ3v) is 1.65. The molecule has 0 bridgehead atoms. The van der Waals surface area contributed by atoms with Crippen LogP contribution in [0, 0.1) is 34.6 Å². The van der Waals surface area contributed by atoms with Crippen LogP contribution in [0.4, 0.5) is 17.6 Å². The molecule has 1 aromatic rings. The van der Waals surface area contributed by atoms with E-state index in [0.29, 0.717) is 0 Å². The fraction of sp³-hybridized carbons (Fsp3) is 0. The van der Waals surface area contributed by atoms with Gasteiger partial charge in [-0.3, -0.25) is 0 Å². The number of hydrogen-bond acceptors (Lipinski definition) is 1. The van der Waals surface area contributed by atoms with Crippen LogP contribution >= 0.6 is 11.6 Å². The zero-order chi connectivity index (χ0) is 10.2. The summed E-state index contributed by atoms with van der Waals surface area (Å²) in [6, 6.07) is 1.03. The van der Waals surface area contributed by atoms with Gasteiger partial charge in [0.05, 0.1) is 0 Å². The first kappa shape index (κ1) is 9.81. The Morgan fingerprint density at radius 1 is 0.923 bits per heavy atom. The molecule has 0 heterocycles. The SMILES string of the molecule is N#Cc1c(F)c(F)c(F)c(Cl)c1F. The monoisotopic (exact) mass is 209 g/mol. The molecule has 0 aromatic heterocycles. The number of benzene rings is 1. The maximum Gasteiger partial charge on any atom is 0.197 e. The van der Waals surface area contributed by atoms with Crippen molar-refractivity contribution in [3.8, 4) is 6.07 Å². The summed E-state index contributed by atoms with van der Waals surface area (Å²) in [4.78, 5) is 0. The predicted octanol–water partition coefficient (Wildman–Crippen LogP) is 2.77. The van der Waals surface area contributed by atoms with E-state index in [-0.39, 0.29) is 0 Å². The fourth-order valence-electron chi connectivity index (χ4n) is 0.703. The second-order valence-corrected chi connectivity index (χ2v) is 2.43. The molecule has 6 heteroatoms. The molecular formula is C7ClF4N. The molecule has 0 aliphatic rings. The maximum atomic E-state index is 12.7. The van der Waals surface area contributed by atoms with Gasteiger partial charge in [-0.15, -0.1) is 0 Å². The van der Waals surface area contributed by atoms with Crippen molar-refractivity contribution in [1.82, 2.24) is 0 Å². The molecule has 1 rings (SSSR count). The summed E-state index contributed by atoms with van der Waals surface area (Å²) >= 11 is 4.93. The molecule has 0 aliphatic heterocycles. The average molecular weight is 210 g/mol. The van der Waals surface area contributed by atoms with Gasteiger partial charge in [0, 0.05) is 0 Å². The largest absolute Gasteiger partial charge is 0.204 e. The minimum absolute atomic E-state index is 1.03. The van der Waals surface area contributed by atoms with Gasteiger partial charge < -0.3 is 0 Å². The highest BCUT2D eigenvalue weighted by Gasteiger charge is 2.23. The smallest absolute Gasteiger partial charge is 0.197 e. The Labute approximate surface area is 75.2 Å². The summed E-state index contributed by atoms with van der Waals surface area (Å²) in [5, 5.41) is 6.93. The lowest BCUT2D eigenvalue weighted by atomic mass is 10.2. The molecule has 0 radical (unpaired) electrons. The van der Waals surface area contributed by atoms with E-state index in [1.54, 1.807) is 0 Å². The number of nitriles is 1. The molecule has 0 amide bonds. The van der Waals surface area contributed by atoms with E-state index in [4.69, 9.17) is 16.9 Å². The number of nitrogens with zero attached hydrogens (tertiary/aromatic N) is 1. The zero-order valence-electron chi connectivity index (χ0n) is 5.84. The van der Waals surface area contributed by atoms with Crippen LogP contribution in [-0.2, 0) is 0 Å². The van der Waals surface area contributed by atoms with Crippen molar-refractivity contribution in [2.24, 2.45) is 0 Å². The minimum Gasteiger partial charge on any atom is -0.204 e. The number of halogens is 5. The topological polar surface area (TPSA) is 23.8 Å². The summed E-state index contributed by atoms with van der Waals surface area (Å²) in [6.45, 7) is 0. The van der Waals surface area contributed by atoms with E-state index in [0.717, 1.165) is 6.07 Å². The summed E-state index contributed by atoms with van der Waals surface area (Å²) in [6.07, 6.45) is 0. The van der Waals surface area contributed by atoms with Crippen LogP contribution in [0.2, 0.25) is 5.02 Å². The quantitative estimate of drug-likeness (QED) is 0.366. The minimum atomic E-state index is -1.96. The van der Waals surface area contributed by atoms with E-state index in [1.807, 2.05) is 0 Å². The molecular weight excluding hydrogens is 210 g/mol. The lowest BCUT2D eigenvalue weighted by Crippen LogP contribution is -2.00. The second kappa shape index (κ2) is 3.23. The first-order valence-electron chi connectivity index (χ1n) is 2.92. The normalized spacial score (nSPS) is 9.85. The molecule has 68 valence electrons. The third kappa shape index (κ3) is 1.33. The second-order valence-electron chi connectivity index (χ2n) is 2.06. The van der Waals surface area contributed by atoms with Gasteiger partial charge in [0.2, 0.25) is 0 Å². The highest BCUT2D eigenvalue weighted by Crippen LogP contribution is 2.26. The molecule has 1 nitrogen and oxygen atoms in total. The Hall–Kier alpha value is -1.28. The van der Waals surface area contributed by atoms with E-state index in [1.165, 1.54) is 0 Å². The fourth-order valence-corrected chi connectivity index (χ4v) is 0.881. The van der Waals surface area contributed by atoms with Gasteiger partial charge in [0.1, 0.15) is 16.7 Å². The molecule has 0 atom stereocenters. The Bertz CT molecular complexity index is 381. The third-order valence-electron chi connectivity index (χ3n) is 1.32. The van der Waals surface area contributed by atoms with Gasteiger partial charge in [-0.25, -0.2) is 17.6 Å². The van der Waals surface area contributed by atoms with Gasteiger partial charge in [-0.1, -0.05) is 11.6 Å². The van der Waals surface area contributed by atoms with E-state index < -0.39 is 33.9 Å². The summed E-state index contributed by atoms with van der Waals surface area (Å²) in [5.74, 6) is -7.26. The van der Waals surface area contributed by atoms with Gasteiger partial charge >= 0.3 is 0 Å². The van der Waals surface area contributed by atoms with Gasteiger partial charge in [0.15, 0.2) is 23.3 Å². The molecule has 0 saturated heterocycles. The van der Waals surface area contributed by atoms with Crippen molar-refractivity contribution in [2.45, 2.75) is 0 Å². The lowest BCUT2D eigenvalue weighted by Gasteiger charge is -2.01. The Balaban J connectivity index is 3.69. The molecule has 0 aliphatic carbocycles. The van der Waals surface area contributed by atoms with Crippen molar-refractivity contribution in [3.63, 3.8) is 0 Å². The highest BCUT2D eigenvalue weighted by molar-refractivity contribution is 6.31. The first-order valence-corrected chi connectivity index (χ1v) is 3.30. The lowest BCUT2D eigenvalue weighted by molar-refractivity contribution is 0.432. The molecule has 0 spiro atoms. The maximum absolute atomic E-state index is 12.7. The summed E-state index contributed by atoms with van der Waals surface area (Å²) in [5.41, 5.74) is -1.23. The average Bonchev–Trinajstić information content (AvgIpc) is 2.13. The highest BCUT2D eigenvalue weighted by atomic mass is 35.5. The van der Waals surface area contributed by atoms with Crippen LogP contribution in [0.3, 0.4) is 0 Å². The molecule has 0 N–H and O–H groups in total. The Morgan fingerprint density at radius 3 is 1.92 bits per heavy atom. The van der Waals surface area contributed by atoms with Crippen LogP contribution < -0.4 is 0 Å². The van der Waals surface area contributed by atoms with Crippen LogP contribution in [0.5, 0.6) is 0 Å². The van der Waals surface area contributed by atoms with Crippen molar-refractivity contribution in [1.29, 1.82) is 5.26 Å². The van der Waals surface area contributed by atoms with Crippen LogP contribution in [-0.4, -0.2) is 0 Å². The predicted molar refractivity (Wildman–Crippen MR) is 36.0 cm³/mol. The van der Waals surface area contributed by atoms with Crippen LogP contribution in [0.1, 0.15) is 5.56 Å². The van der Waals surface area contributed by atoms with Crippen molar-refractivity contribution < 1.29 is 17.6 Å². The number of rotatable bonds is 0. The Morgan fingerprint density at radius 2 is 1.46 bits per heavy atom. The van der Waals surface area contributed by atoms with Crippen molar-refractivity contribution in [3.05, 3.63) is 33.9 Å². The first-order chi connectivity index (χ1) is 6.00. The van der Waals surface area contributed by atoms with E-state index in [2.05, 4.69) is 0 Å². The molecule has 1 aromatic carbocycles. The van der Waals surface area contributed by atoms with Gasteiger partial charge in [-0.05, 0) is 0 Å². The van der Waals surface area contributed by atoms with E-state index in [9.17, 15) is 17.6 Å². The Kier molecular flexibility index (Phi) is 2.43. The van der Waals surface area contributed by atoms with Gasteiger partial charge in [0.25, 0.3) is 0 Å². The molecule has 0 saturated carbocycles. The molecule has 13 heavy (non-hydrogen) atoms. The summed E-state index contributed by atoms with van der Waals surface area (Å²) < 4.78 is 50.2. The van der Waals surface area contributed by atoms with Crippen molar-refractivity contribution >= 4 is 11.6 Å². The zero-order valence-corrected chi connectivity index (χ0v) is 6.59. The van der Waals surface area contributed by atoms with Gasteiger partial charge in [-0.2, -0.15) is 5.26 Å². The molecule has 0 fully saturated rings. The standard InChI is InChI=1S/C7ClF4N/c8-3-4(9)2(1-13)5(10)7(12)6(3)11. The van der Waals surface area contributed by atoms with Crippen LogP contribution in [0.15, 0.2) is 0 Å². The number of hydrogen-bond donors (Lipinski definition) is 0. The van der Waals surface area contributed by atoms with E-state index >= 15 is 0 Å². The van der Waals surface area contributed by atoms with Crippen LogP contribution in [0.25, 0.3) is 0 Å². The summed E-state index contributed by atoms with van der Waals surface area (Å²) in [7, 11) is 0.